The van der Waals surface area contributed by atoms with Crippen LogP contribution in [0.1, 0.15) is 25.3 Å². The van der Waals surface area contributed by atoms with Gasteiger partial charge in [-0.25, -0.2) is 12.7 Å². The van der Waals surface area contributed by atoms with E-state index in [0.29, 0.717) is 41.0 Å². The summed E-state index contributed by atoms with van der Waals surface area (Å²) in [4.78, 5) is 7.03. The maximum Gasteiger partial charge on any atom is 0.298 e. The Balaban J connectivity index is 1.71. The molecule has 1 saturated heterocycles. The summed E-state index contributed by atoms with van der Waals surface area (Å²) in [6, 6.07) is 11.3. The number of aromatic nitrogens is 1. The number of oxazole rings is 1. The van der Waals surface area contributed by atoms with Crippen LogP contribution in [0.4, 0.5) is 6.01 Å². The second-order valence-electron chi connectivity index (χ2n) is 8.22. The molecule has 2 aromatic carbocycles. The van der Waals surface area contributed by atoms with E-state index in [1.54, 1.807) is 18.2 Å². The van der Waals surface area contributed by atoms with Crippen molar-refractivity contribution in [2.75, 3.05) is 38.7 Å². The van der Waals surface area contributed by atoms with E-state index >= 15 is 0 Å². The van der Waals surface area contributed by atoms with Gasteiger partial charge in [0.1, 0.15) is 11.3 Å². The Morgan fingerprint density at radius 2 is 1.94 bits per heavy atom. The lowest BCUT2D eigenvalue weighted by atomic mass is 10.0. The third-order valence-electron chi connectivity index (χ3n) is 5.77. The summed E-state index contributed by atoms with van der Waals surface area (Å²) in [7, 11) is -0.541. The molecule has 8 nitrogen and oxygen atoms in total. The van der Waals surface area contributed by atoms with Crippen molar-refractivity contribution in [3.05, 3.63) is 47.0 Å². The molecule has 1 aliphatic rings. The van der Waals surface area contributed by atoms with Gasteiger partial charge >= 0.3 is 0 Å². The fourth-order valence-electron chi connectivity index (χ4n) is 3.97. The lowest BCUT2D eigenvalue weighted by molar-refractivity contribution is 0.340. The molecule has 0 radical (unpaired) electrons. The first-order valence-corrected chi connectivity index (χ1v) is 12.8. The van der Waals surface area contributed by atoms with E-state index in [2.05, 4.69) is 10.2 Å². The summed E-state index contributed by atoms with van der Waals surface area (Å²) in [5.74, 6) is 0.651. The van der Waals surface area contributed by atoms with Gasteiger partial charge in [-0.1, -0.05) is 17.7 Å². The third-order valence-corrected chi connectivity index (χ3v) is 7.89. The molecule has 0 atom stereocenters. The molecule has 4 rings (SSSR count). The zero-order valence-electron chi connectivity index (χ0n) is 19.0. The number of ether oxygens (including phenoxy) is 1. The average molecular weight is 493 g/mol. The first-order chi connectivity index (χ1) is 15.8. The lowest BCUT2D eigenvalue weighted by Gasteiger charge is -2.33. The highest BCUT2D eigenvalue weighted by Crippen LogP contribution is 2.31. The molecular formula is C23H29ClN4O4S. The average Bonchev–Trinajstić information content (AvgIpc) is 3.23. The SMILES string of the molecule is CCOc1cc(CN(c2nc3cc(S(=O)(=O)N(C)C)ccc3o2)C2CCNCC2)ccc1Cl. The molecule has 0 bridgehead atoms. The van der Waals surface area contributed by atoms with Gasteiger partial charge in [0.15, 0.2) is 5.58 Å². The van der Waals surface area contributed by atoms with Gasteiger partial charge in [-0.15, -0.1) is 0 Å². The Morgan fingerprint density at radius 1 is 1.18 bits per heavy atom. The number of halogens is 1. The summed E-state index contributed by atoms with van der Waals surface area (Å²) < 4.78 is 38.1. The summed E-state index contributed by atoms with van der Waals surface area (Å²) >= 11 is 6.27. The van der Waals surface area contributed by atoms with E-state index < -0.39 is 10.0 Å². The normalized spacial score (nSPS) is 15.3. The molecule has 0 saturated carbocycles. The minimum atomic E-state index is -3.56. The number of piperidine rings is 1. The van der Waals surface area contributed by atoms with E-state index in [0.717, 1.165) is 31.5 Å². The molecule has 0 aliphatic carbocycles. The van der Waals surface area contributed by atoms with Gasteiger partial charge in [-0.3, -0.25) is 0 Å². The molecular weight excluding hydrogens is 464 g/mol. The number of nitrogens with one attached hydrogen (secondary N) is 1. The van der Waals surface area contributed by atoms with Gasteiger partial charge in [0.2, 0.25) is 10.0 Å². The topological polar surface area (TPSA) is 87.9 Å². The van der Waals surface area contributed by atoms with E-state index in [-0.39, 0.29) is 10.9 Å². The van der Waals surface area contributed by atoms with Crippen molar-refractivity contribution in [1.29, 1.82) is 0 Å². The van der Waals surface area contributed by atoms with Crippen LogP contribution in [0.15, 0.2) is 45.7 Å². The van der Waals surface area contributed by atoms with Gasteiger partial charge in [0.25, 0.3) is 6.01 Å². The second kappa shape index (κ2) is 9.89. The molecule has 0 amide bonds. The van der Waals surface area contributed by atoms with Crippen molar-refractivity contribution < 1.29 is 17.6 Å². The molecule has 0 unspecified atom stereocenters. The Hall–Kier alpha value is -2.33. The van der Waals surface area contributed by atoms with Gasteiger partial charge < -0.3 is 19.4 Å². The van der Waals surface area contributed by atoms with Crippen molar-refractivity contribution in [3.63, 3.8) is 0 Å². The zero-order chi connectivity index (χ0) is 23.6. The van der Waals surface area contributed by atoms with Crippen molar-refractivity contribution in [3.8, 4) is 5.75 Å². The summed E-state index contributed by atoms with van der Waals surface area (Å²) in [5, 5.41) is 3.97. The number of anilines is 1. The van der Waals surface area contributed by atoms with E-state index in [1.807, 2.05) is 25.1 Å². The van der Waals surface area contributed by atoms with Gasteiger partial charge in [-0.2, -0.15) is 4.98 Å². The summed E-state index contributed by atoms with van der Waals surface area (Å²) in [6.07, 6.45) is 1.90. The van der Waals surface area contributed by atoms with Crippen LogP contribution in [0.25, 0.3) is 11.1 Å². The number of hydrogen-bond acceptors (Lipinski definition) is 7. The highest BCUT2D eigenvalue weighted by molar-refractivity contribution is 7.89. The predicted molar refractivity (Wildman–Crippen MR) is 130 cm³/mol. The number of fused-ring (bicyclic) bond motifs is 1. The van der Waals surface area contributed by atoms with Crippen LogP contribution in [0.5, 0.6) is 5.75 Å². The zero-order valence-corrected chi connectivity index (χ0v) is 20.6. The van der Waals surface area contributed by atoms with Crippen LogP contribution in [-0.2, 0) is 16.6 Å². The van der Waals surface area contributed by atoms with Gasteiger partial charge in [-0.05, 0) is 68.8 Å². The smallest absolute Gasteiger partial charge is 0.298 e. The fraction of sp³-hybridized carbons (Fsp3) is 0.435. The van der Waals surface area contributed by atoms with Crippen molar-refractivity contribution in [2.45, 2.75) is 37.2 Å². The van der Waals surface area contributed by atoms with Gasteiger partial charge in [0, 0.05) is 26.7 Å². The fourth-order valence-corrected chi connectivity index (χ4v) is 5.06. The number of sulfonamides is 1. The quantitative estimate of drug-likeness (QED) is 0.510. The first kappa shape index (κ1) is 23.8. The molecule has 1 aliphatic heterocycles. The first-order valence-electron chi connectivity index (χ1n) is 11.0. The lowest BCUT2D eigenvalue weighted by Crippen LogP contribution is -2.43. The van der Waals surface area contributed by atoms with Crippen molar-refractivity contribution >= 4 is 38.7 Å². The molecule has 1 fully saturated rings. The molecule has 0 spiro atoms. The number of hydrogen-bond donors (Lipinski definition) is 1. The van der Waals surface area contributed by atoms with Crippen LogP contribution in [0.2, 0.25) is 5.02 Å². The van der Waals surface area contributed by atoms with Crippen LogP contribution < -0.4 is 15.0 Å². The summed E-state index contributed by atoms with van der Waals surface area (Å²) in [6.45, 7) is 4.85. The number of rotatable bonds is 8. The standard InChI is InChI=1S/C23H29ClN4O4S/c1-4-31-22-13-16(5-7-19(22)24)15-28(17-9-11-25-12-10-17)23-26-20-14-18(6-8-21(20)32-23)33(29,30)27(2)3/h5-8,13-14,17,25H,4,9-12,15H2,1-3H3. The molecule has 1 N–H and O–H groups in total. The Labute approximate surface area is 199 Å². The predicted octanol–water partition coefficient (Wildman–Crippen LogP) is 3.89. The molecule has 3 aromatic rings. The minimum absolute atomic E-state index is 0.187. The monoisotopic (exact) mass is 492 g/mol. The highest BCUT2D eigenvalue weighted by Gasteiger charge is 2.26. The Bertz CT molecular complexity index is 1220. The minimum Gasteiger partial charge on any atom is -0.492 e. The second-order valence-corrected chi connectivity index (χ2v) is 10.8. The van der Waals surface area contributed by atoms with Crippen LogP contribution in [0.3, 0.4) is 0 Å². The third kappa shape index (κ3) is 5.11. The molecule has 10 heteroatoms. The van der Waals surface area contributed by atoms with E-state index in [4.69, 9.17) is 25.7 Å². The molecule has 178 valence electrons. The number of nitrogens with zero attached hydrogens (tertiary/aromatic N) is 3. The Kier molecular flexibility index (Phi) is 7.13. The highest BCUT2D eigenvalue weighted by atomic mass is 35.5. The largest absolute Gasteiger partial charge is 0.492 e. The van der Waals surface area contributed by atoms with Crippen LogP contribution in [-0.4, -0.2) is 57.5 Å². The maximum atomic E-state index is 12.5. The molecule has 2 heterocycles. The summed E-state index contributed by atoms with van der Waals surface area (Å²) in [5.41, 5.74) is 2.09. The number of benzene rings is 2. The van der Waals surface area contributed by atoms with Crippen LogP contribution >= 0.6 is 11.6 Å². The maximum absolute atomic E-state index is 12.5. The molecule has 33 heavy (non-hydrogen) atoms. The van der Waals surface area contributed by atoms with Gasteiger partial charge in [0.05, 0.1) is 16.5 Å². The Morgan fingerprint density at radius 3 is 2.64 bits per heavy atom. The van der Waals surface area contributed by atoms with E-state index in [1.165, 1.54) is 18.4 Å². The van der Waals surface area contributed by atoms with Crippen LogP contribution in [0, 0.1) is 0 Å². The van der Waals surface area contributed by atoms with E-state index in [9.17, 15) is 8.42 Å². The molecule has 1 aromatic heterocycles. The van der Waals surface area contributed by atoms with Crippen molar-refractivity contribution in [2.24, 2.45) is 0 Å². The van der Waals surface area contributed by atoms with Crippen molar-refractivity contribution in [1.82, 2.24) is 14.6 Å².